The van der Waals surface area contributed by atoms with Gasteiger partial charge in [-0.3, -0.25) is 0 Å². The fourth-order valence-electron chi connectivity index (χ4n) is 10.6. The molecular formula is C63H36N4O3. The van der Waals surface area contributed by atoms with E-state index in [1.54, 1.807) is 0 Å². The molecule has 0 atom stereocenters. The van der Waals surface area contributed by atoms with Crippen molar-refractivity contribution < 1.29 is 13.3 Å². The van der Waals surface area contributed by atoms with E-state index in [4.69, 9.17) is 28.2 Å². The number of furan rings is 3. The highest BCUT2D eigenvalue weighted by Gasteiger charge is 2.21. The Kier molecular flexibility index (Phi) is 8.23. The largest absolute Gasteiger partial charge is 0.456 e. The first-order valence-corrected chi connectivity index (χ1v) is 23.4. The highest BCUT2D eigenvalue weighted by atomic mass is 16.3. The molecule has 0 aliphatic carbocycles. The maximum absolute atomic E-state index is 6.70. The van der Waals surface area contributed by atoms with Crippen molar-refractivity contribution in [1.82, 2.24) is 19.5 Å². The van der Waals surface area contributed by atoms with Gasteiger partial charge in [-0.25, -0.2) is 15.0 Å². The third kappa shape index (κ3) is 5.91. The van der Waals surface area contributed by atoms with Crippen LogP contribution in [0.3, 0.4) is 0 Å². The Morgan fingerprint density at radius 3 is 1.66 bits per heavy atom. The van der Waals surface area contributed by atoms with Gasteiger partial charge in [0.2, 0.25) is 0 Å². The van der Waals surface area contributed by atoms with Crippen molar-refractivity contribution in [2.75, 3.05) is 0 Å². The van der Waals surface area contributed by atoms with E-state index < -0.39 is 0 Å². The van der Waals surface area contributed by atoms with Crippen molar-refractivity contribution in [1.29, 1.82) is 0 Å². The van der Waals surface area contributed by atoms with E-state index in [9.17, 15) is 0 Å². The van der Waals surface area contributed by atoms with Crippen LogP contribution < -0.4 is 0 Å². The van der Waals surface area contributed by atoms with Gasteiger partial charge in [0.05, 0.1) is 11.0 Å². The fourth-order valence-corrected chi connectivity index (χ4v) is 10.6. The minimum Gasteiger partial charge on any atom is -0.456 e. The lowest BCUT2D eigenvalue weighted by Crippen LogP contribution is -2.00. The second-order valence-corrected chi connectivity index (χ2v) is 17.9. The molecule has 70 heavy (non-hydrogen) atoms. The van der Waals surface area contributed by atoms with Gasteiger partial charge in [-0.15, -0.1) is 0 Å². The predicted molar refractivity (Wildman–Crippen MR) is 283 cm³/mol. The number of rotatable bonds is 6. The minimum absolute atomic E-state index is 0.548. The molecule has 0 spiro atoms. The summed E-state index contributed by atoms with van der Waals surface area (Å²) >= 11 is 0. The van der Waals surface area contributed by atoms with Gasteiger partial charge < -0.3 is 17.8 Å². The number of benzene rings is 10. The zero-order chi connectivity index (χ0) is 45.9. The first kappa shape index (κ1) is 38.5. The van der Waals surface area contributed by atoms with E-state index in [0.29, 0.717) is 17.5 Å². The summed E-state index contributed by atoms with van der Waals surface area (Å²) in [5.41, 5.74) is 15.2. The Bertz CT molecular complexity index is 4600. The smallest absolute Gasteiger partial charge is 0.164 e. The lowest BCUT2D eigenvalue weighted by molar-refractivity contribution is 0.668. The van der Waals surface area contributed by atoms with Gasteiger partial charge in [-0.1, -0.05) is 133 Å². The SMILES string of the molecule is c1ccc(-c2nc(-c3ccc4c(c3)oc3ccccc34)nc(-c3cccc4oc5ccc(-c6cccc7oc8cc(-c9ccc%10c(c9)c9ccccc9n%10-c9ccccc9)ccc8c67)cc5c34)n2)cc1. The van der Waals surface area contributed by atoms with Gasteiger partial charge in [0.1, 0.15) is 33.5 Å². The Morgan fingerprint density at radius 1 is 0.271 bits per heavy atom. The van der Waals surface area contributed by atoms with Crippen molar-refractivity contribution in [3.8, 4) is 62.1 Å². The molecule has 0 unspecified atom stereocenters. The van der Waals surface area contributed by atoms with Crippen LogP contribution in [-0.4, -0.2) is 19.5 Å². The third-order valence-corrected chi connectivity index (χ3v) is 13.9. The summed E-state index contributed by atoms with van der Waals surface area (Å²) in [6.45, 7) is 0. The predicted octanol–water partition coefficient (Wildman–Crippen LogP) is 17.0. The molecule has 0 saturated heterocycles. The maximum Gasteiger partial charge on any atom is 0.164 e. The number of para-hydroxylation sites is 3. The molecule has 326 valence electrons. The summed E-state index contributed by atoms with van der Waals surface area (Å²) in [7, 11) is 0. The topological polar surface area (TPSA) is 83.0 Å². The van der Waals surface area contributed by atoms with Crippen LogP contribution >= 0.6 is 0 Å². The van der Waals surface area contributed by atoms with Crippen LogP contribution in [0.15, 0.2) is 232 Å². The molecule has 0 amide bonds. The van der Waals surface area contributed by atoms with Crippen LogP contribution in [0.25, 0.3) is 150 Å². The highest BCUT2D eigenvalue weighted by molar-refractivity contribution is 6.17. The number of fused-ring (bicyclic) bond motifs is 12. The summed E-state index contributed by atoms with van der Waals surface area (Å²) in [6.07, 6.45) is 0. The first-order valence-electron chi connectivity index (χ1n) is 23.4. The number of hydrogen-bond donors (Lipinski definition) is 0. The molecule has 15 rings (SSSR count). The first-order chi connectivity index (χ1) is 34.7. The van der Waals surface area contributed by atoms with Crippen molar-refractivity contribution in [3.05, 3.63) is 218 Å². The van der Waals surface area contributed by atoms with Crippen molar-refractivity contribution in [2.24, 2.45) is 0 Å². The summed E-state index contributed by atoms with van der Waals surface area (Å²) in [4.78, 5) is 15.4. The molecular weight excluding hydrogens is 861 g/mol. The molecule has 7 nitrogen and oxygen atoms in total. The molecule has 5 aromatic heterocycles. The summed E-state index contributed by atoms with van der Waals surface area (Å²) in [5.74, 6) is 1.68. The third-order valence-electron chi connectivity index (χ3n) is 13.9. The van der Waals surface area contributed by atoms with E-state index in [-0.39, 0.29) is 0 Å². The Labute approximate surface area is 399 Å². The zero-order valence-electron chi connectivity index (χ0n) is 37.3. The van der Waals surface area contributed by atoms with E-state index in [1.165, 1.54) is 21.8 Å². The summed E-state index contributed by atoms with van der Waals surface area (Å²) < 4.78 is 21.9. The van der Waals surface area contributed by atoms with Gasteiger partial charge in [0, 0.05) is 65.5 Å². The van der Waals surface area contributed by atoms with Crippen LogP contribution in [0.4, 0.5) is 0 Å². The lowest BCUT2D eigenvalue weighted by Gasteiger charge is -2.09. The fraction of sp³-hybridized carbons (Fsp3) is 0. The number of hydrogen-bond acceptors (Lipinski definition) is 6. The maximum atomic E-state index is 6.70. The molecule has 0 aliphatic rings. The monoisotopic (exact) mass is 896 g/mol. The van der Waals surface area contributed by atoms with Gasteiger partial charge >= 0.3 is 0 Å². The normalized spacial score (nSPS) is 12.0. The van der Waals surface area contributed by atoms with Crippen molar-refractivity contribution in [3.63, 3.8) is 0 Å². The van der Waals surface area contributed by atoms with Crippen LogP contribution in [0, 0.1) is 0 Å². The molecule has 0 saturated carbocycles. The Morgan fingerprint density at radius 2 is 0.800 bits per heavy atom. The average Bonchev–Trinajstić information content (AvgIpc) is 4.19. The van der Waals surface area contributed by atoms with Gasteiger partial charge in [0.15, 0.2) is 17.5 Å². The second kappa shape index (κ2) is 15.0. The molecule has 0 fully saturated rings. The van der Waals surface area contributed by atoms with E-state index in [0.717, 1.165) is 110 Å². The molecule has 15 aromatic rings. The van der Waals surface area contributed by atoms with Crippen LogP contribution in [-0.2, 0) is 0 Å². The standard InChI is InChI=1S/C63H36N4O3/c1-3-13-37(14-4-1)61-64-62(41-26-29-46-45-18-8-10-22-53(45)69-57(46)36-41)66-63(65-61)48-20-12-24-56-60(48)50-34-40(28-32-54(50)68-56)43-19-11-23-55-59(43)47-30-25-39(35-58(47)70-55)38-27-31-52-49(33-38)44-17-7-9-21-51(44)67(52)42-15-5-2-6-16-42/h1-36H. The number of nitrogens with zero attached hydrogens (tertiary/aromatic N) is 4. The molecule has 0 radical (unpaired) electrons. The van der Waals surface area contributed by atoms with Gasteiger partial charge in [-0.2, -0.15) is 0 Å². The molecule has 0 N–H and O–H groups in total. The Hall–Kier alpha value is -9.59. The average molecular weight is 897 g/mol. The van der Waals surface area contributed by atoms with Crippen LogP contribution in [0.5, 0.6) is 0 Å². The molecule has 10 aromatic carbocycles. The molecule has 7 heteroatoms. The van der Waals surface area contributed by atoms with Gasteiger partial charge in [-0.05, 0) is 107 Å². The molecule has 0 aliphatic heterocycles. The van der Waals surface area contributed by atoms with Crippen molar-refractivity contribution in [2.45, 2.75) is 0 Å². The molecule has 0 bridgehead atoms. The highest BCUT2D eigenvalue weighted by Crippen LogP contribution is 2.43. The lowest BCUT2D eigenvalue weighted by atomic mass is 9.96. The van der Waals surface area contributed by atoms with E-state index in [1.807, 2.05) is 66.7 Å². The Balaban J connectivity index is 0.853. The van der Waals surface area contributed by atoms with Crippen LogP contribution in [0.2, 0.25) is 0 Å². The molecule has 5 heterocycles. The zero-order valence-corrected chi connectivity index (χ0v) is 37.3. The number of aromatic nitrogens is 4. The minimum atomic E-state index is 0.548. The second-order valence-electron chi connectivity index (χ2n) is 17.9. The summed E-state index contributed by atoms with van der Waals surface area (Å²) in [6, 6.07) is 75.7. The van der Waals surface area contributed by atoms with Gasteiger partial charge in [0.25, 0.3) is 0 Å². The van der Waals surface area contributed by atoms with E-state index in [2.05, 4.69) is 156 Å². The summed E-state index contributed by atoms with van der Waals surface area (Å²) in [5, 5.41) is 8.57. The quantitative estimate of drug-likeness (QED) is 0.165. The van der Waals surface area contributed by atoms with Crippen LogP contribution in [0.1, 0.15) is 0 Å². The van der Waals surface area contributed by atoms with Crippen molar-refractivity contribution >= 4 is 87.6 Å². The van der Waals surface area contributed by atoms with E-state index >= 15 is 0 Å².